The van der Waals surface area contributed by atoms with Crippen molar-refractivity contribution in [2.24, 2.45) is 5.92 Å². The molecule has 0 spiro atoms. The quantitative estimate of drug-likeness (QED) is 0.276. The molecule has 1 aromatic heterocycles. The van der Waals surface area contributed by atoms with Crippen LogP contribution in [0.5, 0.6) is 0 Å². The number of benzene rings is 3. The van der Waals surface area contributed by atoms with Gasteiger partial charge in [0.1, 0.15) is 5.82 Å². The first-order valence-electron chi connectivity index (χ1n) is 12.5. The topological polar surface area (TPSA) is 24.3 Å². The maximum absolute atomic E-state index is 13.5. The van der Waals surface area contributed by atoms with Gasteiger partial charge in [0.25, 0.3) is 0 Å². The molecule has 5 rings (SSSR count). The second-order valence-electron chi connectivity index (χ2n) is 9.97. The molecule has 1 aliphatic rings. The van der Waals surface area contributed by atoms with Crippen molar-refractivity contribution in [2.75, 3.05) is 26.2 Å². The molecule has 0 aliphatic carbocycles. The van der Waals surface area contributed by atoms with Gasteiger partial charge in [0.2, 0.25) is 0 Å². The second kappa shape index (κ2) is 10.3. The molecule has 4 nitrogen and oxygen atoms in total. The third kappa shape index (κ3) is 5.55. The minimum atomic E-state index is -4.24. The van der Waals surface area contributed by atoms with Gasteiger partial charge in [-0.3, -0.25) is 9.80 Å². The Kier molecular flexibility index (Phi) is 7.05. The predicted octanol–water partition coefficient (Wildman–Crippen LogP) is 6.53. The Morgan fingerprint density at radius 3 is 2.43 bits per heavy atom. The first kappa shape index (κ1) is 25.4. The lowest BCUT2D eigenvalue weighted by atomic mass is 9.94. The van der Waals surface area contributed by atoms with Gasteiger partial charge in [-0.2, -0.15) is 18.3 Å². The van der Waals surface area contributed by atoms with Crippen LogP contribution in [0, 0.1) is 18.7 Å². The minimum absolute atomic E-state index is 0.0420. The number of nitrogens with zero attached hydrogens (tertiary/aromatic N) is 4. The molecular formula is C29H30F4N4. The minimum Gasteiger partial charge on any atom is -0.296 e. The molecule has 1 aliphatic heterocycles. The number of halogens is 4. The maximum Gasteiger partial charge on any atom is 0.392 e. The first-order valence-corrected chi connectivity index (χ1v) is 12.5. The van der Waals surface area contributed by atoms with E-state index in [1.54, 1.807) is 23.0 Å². The number of piperazine rings is 1. The van der Waals surface area contributed by atoms with Gasteiger partial charge in [0.15, 0.2) is 0 Å². The molecule has 3 aromatic carbocycles. The molecule has 2 unspecified atom stereocenters. The summed E-state index contributed by atoms with van der Waals surface area (Å²) in [5.74, 6) is -1.73. The number of aryl methyl sites for hydroxylation is 1. The van der Waals surface area contributed by atoms with Gasteiger partial charge < -0.3 is 0 Å². The van der Waals surface area contributed by atoms with Crippen LogP contribution in [0.15, 0.2) is 72.9 Å². The zero-order valence-corrected chi connectivity index (χ0v) is 20.9. The van der Waals surface area contributed by atoms with E-state index in [9.17, 15) is 17.6 Å². The third-order valence-electron chi connectivity index (χ3n) is 7.28. The summed E-state index contributed by atoms with van der Waals surface area (Å²) in [6.07, 6.45) is -2.48. The van der Waals surface area contributed by atoms with Crippen molar-refractivity contribution in [1.82, 2.24) is 19.6 Å². The Morgan fingerprint density at radius 2 is 1.73 bits per heavy atom. The Labute approximate surface area is 214 Å². The van der Waals surface area contributed by atoms with Gasteiger partial charge in [0, 0.05) is 44.2 Å². The molecule has 1 fully saturated rings. The molecule has 8 heteroatoms. The largest absolute Gasteiger partial charge is 0.392 e. The van der Waals surface area contributed by atoms with Crippen LogP contribution in [-0.2, 0) is 6.54 Å². The fourth-order valence-electron chi connectivity index (χ4n) is 5.17. The number of alkyl halides is 3. The zero-order chi connectivity index (χ0) is 26.2. The highest BCUT2D eigenvalue weighted by Gasteiger charge is 2.39. The van der Waals surface area contributed by atoms with Crippen molar-refractivity contribution in [3.63, 3.8) is 0 Å². The monoisotopic (exact) mass is 510 g/mol. The van der Waals surface area contributed by atoms with Gasteiger partial charge in [0.05, 0.1) is 23.3 Å². The molecule has 0 N–H and O–H groups in total. The van der Waals surface area contributed by atoms with Crippen molar-refractivity contribution < 1.29 is 17.6 Å². The summed E-state index contributed by atoms with van der Waals surface area (Å²) in [6.45, 7) is 5.87. The highest BCUT2D eigenvalue weighted by Crippen LogP contribution is 2.35. The van der Waals surface area contributed by atoms with E-state index in [4.69, 9.17) is 0 Å². The summed E-state index contributed by atoms with van der Waals surface area (Å²) in [5, 5.41) is 5.41. The van der Waals surface area contributed by atoms with E-state index in [0.717, 1.165) is 34.3 Å². The van der Waals surface area contributed by atoms with E-state index in [2.05, 4.69) is 28.2 Å². The Bertz CT molecular complexity index is 1350. The Hall–Kier alpha value is -3.23. The lowest BCUT2D eigenvalue weighted by Crippen LogP contribution is -2.50. The summed E-state index contributed by atoms with van der Waals surface area (Å²) >= 11 is 0. The number of hydrogen-bond donors (Lipinski definition) is 0. The van der Waals surface area contributed by atoms with Crippen LogP contribution in [0.3, 0.4) is 0 Å². The van der Waals surface area contributed by atoms with Gasteiger partial charge in [-0.05, 0) is 60.0 Å². The fraction of sp³-hybridized carbons (Fsp3) is 0.345. The van der Waals surface area contributed by atoms with Crippen LogP contribution >= 0.6 is 0 Å². The zero-order valence-electron chi connectivity index (χ0n) is 20.9. The summed E-state index contributed by atoms with van der Waals surface area (Å²) in [4.78, 5) is 4.30. The van der Waals surface area contributed by atoms with Crippen LogP contribution in [0.2, 0.25) is 0 Å². The molecule has 0 saturated carbocycles. The molecule has 2 heterocycles. The molecule has 2 atom stereocenters. The summed E-state index contributed by atoms with van der Waals surface area (Å²) in [7, 11) is 0. The van der Waals surface area contributed by atoms with Crippen LogP contribution in [0.25, 0.3) is 16.6 Å². The highest BCUT2D eigenvalue weighted by molar-refractivity contribution is 5.82. The van der Waals surface area contributed by atoms with E-state index < -0.39 is 12.1 Å². The number of rotatable bonds is 6. The summed E-state index contributed by atoms with van der Waals surface area (Å²) < 4.78 is 55.7. The average Bonchev–Trinajstić information content (AvgIpc) is 3.27. The molecule has 0 radical (unpaired) electrons. The number of fused-ring (bicyclic) bond motifs is 1. The van der Waals surface area contributed by atoms with Crippen LogP contribution in [0.1, 0.15) is 29.7 Å². The summed E-state index contributed by atoms with van der Waals surface area (Å²) in [5.41, 5.74) is 4.81. The van der Waals surface area contributed by atoms with E-state index in [0.29, 0.717) is 19.6 Å². The van der Waals surface area contributed by atoms with Crippen molar-refractivity contribution in [1.29, 1.82) is 0 Å². The normalized spacial score (nSPS) is 18.4. The van der Waals surface area contributed by atoms with E-state index in [1.165, 1.54) is 24.6 Å². The third-order valence-corrected chi connectivity index (χ3v) is 7.28. The lowest BCUT2D eigenvalue weighted by Gasteiger charge is -2.43. The van der Waals surface area contributed by atoms with E-state index in [1.807, 2.05) is 36.1 Å². The highest BCUT2D eigenvalue weighted by atomic mass is 19.4. The molecule has 0 bridgehead atoms. The molecule has 0 amide bonds. The first-order chi connectivity index (χ1) is 17.7. The molecule has 37 heavy (non-hydrogen) atoms. The average molecular weight is 511 g/mol. The van der Waals surface area contributed by atoms with E-state index in [-0.39, 0.29) is 18.4 Å². The number of aromatic nitrogens is 2. The van der Waals surface area contributed by atoms with Crippen molar-refractivity contribution in [3.05, 3.63) is 95.4 Å². The smallest absolute Gasteiger partial charge is 0.296 e. The van der Waals surface area contributed by atoms with Crippen LogP contribution < -0.4 is 0 Å². The Balaban J connectivity index is 1.48. The lowest BCUT2D eigenvalue weighted by molar-refractivity contribution is -0.177. The maximum atomic E-state index is 13.5. The molecule has 4 aromatic rings. The van der Waals surface area contributed by atoms with Crippen LogP contribution in [0.4, 0.5) is 17.6 Å². The van der Waals surface area contributed by atoms with Gasteiger partial charge in [-0.25, -0.2) is 9.07 Å². The fourth-order valence-corrected chi connectivity index (χ4v) is 5.17. The molecular weight excluding hydrogens is 480 g/mol. The van der Waals surface area contributed by atoms with Crippen molar-refractivity contribution >= 4 is 10.9 Å². The Morgan fingerprint density at radius 1 is 1.00 bits per heavy atom. The van der Waals surface area contributed by atoms with Crippen LogP contribution in [-0.4, -0.2) is 51.9 Å². The van der Waals surface area contributed by atoms with Crippen molar-refractivity contribution in [2.45, 2.75) is 32.6 Å². The molecule has 194 valence electrons. The van der Waals surface area contributed by atoms with Gasteiger partial charge in [-0.1, -0.05) is 37.3 Å². The second-order valence-corrected chi connectivity index (χ2v) is 9.97. The molecule has 1 saturated heterocycles. The van der Waals surface area contributed by atoms with Gasteiger partial charge >= 0.3 is 6.18 Å². The number of hydrogen-bond acceptors (Lipinski definition) is 3. The summed E-state index contributed by atoms with van der Waals surface area (Å²) in [6, 6.07) is 20.2. The van der Waals surface area contributed by atoms with Gasteiger partial charge in [-0.15, -0.1) is 0 Å². The SMILES string of the molecule is Cc1cc2c(cnn2-c2ccc(F)cc2)cc1C1CN(Cc2ccccc2)CCN1CC(C)C(F)(F)F. The standard InChI is InChI=1S/C29H30F4N4/c1-20-14-27-23(16-34-37(27)25-10-8-24(30)9-11-25)15-26(20)28-19-35(18-22-6-4-3-5-7-22)12-13-36(28)17-21(2)29(31,32)33/h3-11,14-16,21,28H,12-13,17-19H2,1-2H3. The predicted molar refractivity (Wildman–Crippen MR) is 137 cm³/mol. The van der Waals surface area contributed by atoms with Crippen molar-refractivity contribution in [3.8, 4) is 5.69 Å². The van der Waals surface area contributed by atoms with E-state index >= 15 is 0 Å².